The Morgan fingerprint density at radius 2 is 2.04 bits per heavy atom. The van der Waals surface area contributed by atoms with Crippen LogP contribution < -0.4 is 9.47 Å². The molecule has 7 heteroatoms. The van der Waals surface area contributed by atoms with Crippen molar-refractivity contribution in [1.82, 2.24) is 5.01 Å². The first kappa shape index (κ1) is 17.1. The van der Waals surface area contributed by atoms with E-state index in [9.17, 15) is 9.90 Å². The predicted octanol–water partition coefficient (Wildman–Crippen LogP) is 3.73. The number of phenols is 1. The van der Waals surface area contributed by atoms with Gasteiger partial charge in [-0.25, -0.2) is 5.01 Å². The van der Waals surface area contributed by atoms with Gasteiger partial charge in [0, 0.05) is 18.9 Å². The predicted molar refractivity (Wildman–Crippen MR) is 105 cm³/mol. The quantitative estimate of drug-likeness (QED) is 0.688. The van der Waals surface area contributed by atoms with Crippen LogP contribution in [-0.4, -0.2) is 28.5 Å². The van der Waals surface area contributed by atoms with Crippen molar-refractivity contribution in [2.75, 3.05) is 6.79 Å². The highest BCUT2D eigenvalue weighted by atomic mass is 127. The van der Waals surface area contributed by atoms with Crippen LogP contribution in [0, 0.1) is 10.5 Å². The highest BCUT2D eigenvalue weighted by molar-refractivity contribution is 14.1. The lowest BCUT2D eigenvalue weighted by molar-refractivity contribution is -0.130. The molecule has 2 aliphatic heterocycles. The minimum Gasteiger partial charge on any atom is -0.506 e. The number of amides is 1. The van der Waals surface area contributed by atoms with Crippen LogP contribution >= 0.6 is 22.6 Å². The lowest BCUT2D eigenvalue weighted by atomic mass is 9.97. The summed E-state index contributed by atoms with van der Waals surface area (Å²) < 4.78 is 11.6. The summed E-state index contributed by atoms with van der Waals surface area (Å²) in [6, 6.07) is 9.23. The van der Waals surface area contributed by atoms with E-state index in [4.69, 9.17) is 9.47 Å². The van der Waals surface area contributed by atoms with Crippen LogP contribution in [0.3, 0.4) is 0 Å². The molecule has 26 heavy (non-hydrogen) atoms. The van der Waals surface area contributed by atoms with Crippen LogP contribution in [-0.2, 0) is 4.79 Å². The average molecular weight is 464 g/mol. The van der Waals surface area contributed by atoms with Gasteiger partial charge in [0.15, 0.2) is 11.5 Å². The second-order valence-corrected chi connectivity index (χ2v) is 7.55. The Balaban J connectivity index is 1.72. The van der Waals surface area contributed by atoms with E-state index >= 15 is 0 Å². The molecule has 0 saturated heterocycles. The summed E-state index contributed by atoms with van der Waals surface area (Å²) in [6.07, 6.45) is 0.520. The van der Waals surface area contributed by atoms with Gasteiger partial charge in [0.1, 0.15) is 5.75 Å². The van der Waals surface area contributed by atoms with Crippen molar-refractivity contribution >= 4 is 34.2 Å². The highest BCUT2D eigenvalue weighted by Crippen LogP contribution is 2.40. The van der Waals surface area contributed by atoms with Crippen LogP contribution in [0.15, 0.2) is 35.4 Å². The third-order valence-corrected chi connectivity index (χ3v) is 5.36. The monoisotopic (exact) mass is 464 g/mol. The van der Waals surface area contributed by atoms with E-state index < -0.39 is 0 Å². The molecule has 0 radical (unpaired) electrons. The zero-order valence-electron chi connectivity index (χ0n) is 14.3. The molecule has 0 fully saturated rings. The summed E-state index contributed by atoms with van der Waals surface area (Å²) in [6.45, 7) is 3.67. The first-order valence-electron chi connectivity index (χ1n) is 8.20. The Kier molecular flexibility index (Phi) is 4.26. The zero-order chi connectivity index (χ0) is 18.4. The minimum atomic E-state index is -0.241. The molecule has 2 aromatic rings. The standard InChI is InChI=1S/C19H17IN2O4/c1-10-5-13(19(24)14(20)6-10)15-8-16(22(21-15)11(2)23)12-3-4-17-18(7-12)26-9-25-17/h3-7,16,24H,8-9H2,1-2H3. The van der Waals surface area contributed by atoms with Crippen LogP contribution in [0.25, 0.3) is 0 Å². The molecule has 0 aromatic heterocycles. The summed E-state index contributed by atoms with van der Waals surface area (Å²) in [5.74, 6) is 1.43. The van der Waals surface area contributed by atoms with E-state index in [1.165, 1.54) is 11.9 Å². The molecular weight excluding hydrogens is 447 g/mol. The molecule has 0 aliphatic carbocycles. The molecule has 2 aromatic carbocycles. The van der Waals surface area contributed by atoms with Gasteiger partial charge in [-0.2, -0.15) is 5.10 Å². The van der Waals surface area contributed by atoms with Gasteiger partial charge >= 0.3 is 0 Å². The Morgan fingerprint density at radius 3 is 2.81 bits per heavy atom. The van der Waals surface area contributed by atoms with Gasteiger partial charge in [-0.15, -0.1) is 0 Å². The van der Waals surface area contributed by atoms with Gasteiger partial charge in [-0.3, -0.25) is 4.79 Å². The fourth-order valence-corrected chi connectivity index (χ4v) is 4.08. The smallest absolute Gasteiger partial charge is 0.240 e. The Labute approximate surface area is 164 Å². The molecule has 2 heterocycles. The maximum Gasteiger partial charge on any atom is 0.240 e. The lowest BCUT2D eigenvalue weighted by Crippen LogP contribution is -2.24. The van der Waals surface area contributed by atoms with Gasteiger partial charge < -0.3 is 14.6 Å². The number of carbonyl (C=O) groups excluding carboxylic acids is 1. The number of rotatable bonds is 2. The van der Waals surface area contributed by atoms with Crippen LogP contribution in [0.4, 0.5) is 0 Å². The molecule has 0 bridgehead atoms. The topological polar surface area (TPSA) is 71.4 Å². The van der Waals surface area contributed by atoms with Gasteiger partial charge in [0.25, 0.3) is 0 Å². The normalized spacial score (nSPS) is 18.2. The minimum absolute atomic E-state index is 0.149. The molecule has 1 amide bonds. The van der Waals surface area contributed by atoms with Crippen LogP contribution in [0.5, 0.6) is 17.2 Å². The average Bonchev–Trinajstić information content (AvgIpc) is 3.24. The third-order valence-electron chi connectivity index (χ3n) is 4.53. The molecule has 1 N–H and O–H groups in total. The number of phenolic OH excluding ortho intramolecular Hbond substituents is 1. The van der Waals surface area contributed by atoms with E-state index in [1.807, 2.05) is 37.3 Å². The molecule has 4 rings (SSSR count). The van der Waals surface area contributed by atoms with E-state index in [0.29, 0.717) is 29.2 Å². The van der Waals surface area contributed by atoms with Crippen molar-refractivity contribution in [3.8, 4) is 17.2 Å². The highest BCUT2D eigenvalue weighted by Gasteiger charge is 2.33. The zero-order valence-corrected chi connectivity index (χ0v) is 16.5. The SMILES string of the molecule is CC(=O)N1N=C(c2cc(C)cc(I)c2O)CC1c1ccc2c(c1)OCO2. The number of aryl methyl sites for hydroxylation is 1. The van der Waals surface area contributed by atoms with Gasteiger partial charge in [-0.05, 0) is 64.9 Å². The summed E-state index contributed by atoms with van der Waals surface area (Å²) >= 11 is 2.10. The van der Waals surface area contributed by atoms with E-state index in [1.54, 1.807) is 0 Å². The van der Waals surface area contributed by atoms with Crippen molar-refractivity contribution in [2.45, 2.75) is 26.3 Å². The van der Waals surface area contributed by atoms with Crippen molar-refractivity contribution in [2.24, 2.45) is 5.10 Å². The number of halogens is 1. The summed E-state index contributed by atoms with van der Waals surface area (Å²) in [5.41, 5.74) is 3.32. The number of nitrogens with zero attached hydrogens (tertiary/aromatic N) is 2. The van der Waals surface area contributed by atoms with Crippen molar-refractivity contribution in [1.29, 1.82) is 0 Å². The lowest BCUT2D eigenvalue weighted by Gasteiger charge is -2.20. The molecule has 2 aliphatic rings. The van der Waals surface area contributed by atoms with E-state index in [-0.39, 0.29) is 24.5 Å². The summed E-state index contributed by atoms with van der Waals surface area (Å²) in [4.78, 5) is 12.2. The number of hydrogen-bond donors (Lipinski definition) is 1. The number of carbonyl (C=O) groups is 1. The molecule has 1 unspecified atom stereocenters. The molecular formula is C19H17IN2O4. The molecule has 6 nitrogen and oxygen atoms in total. The van der Waals surface area contributed by atoms with Crippen molar-refractivity contribution in [3.63, 3.8) is 0 Å². The van der Waals surface area contributed by atoms with E-state index in [2.05, 4.69) is 27.7 Å². The molecule has 0 saturated carbocycles. The fourth-order valence-electron chi connectivity index (χ4n) is 3.30. The van der Waals surface area contributed by atoms with Gasteiger partial charge in [0.05, 0.1) is 15.3 Å². The molecule has 134 valence electrons. The number of ether oxygens (including phenoxy) is 2. The second-order valence-electron chi connectivity index (χ2n) is 6.39. The van der Waals surface area contributed by atoms with Crippen molar-refractivity contribution in [3.05, 3.63) is 50.6 Å². The Hall–Kier alpha value is -2.29. The molecule has 1 atom stereocenters. The number of benzene rings is 2. The summed E-state index contributed by atoms with van der Waals surface area (Å²) in [5, 5.41) is 16.5. The first-order chi connectivity index (χ1) is 12.4. The van der Waals surface area contributed by atoms with Gasteiger partial charge in [-0.1, -0.05) is 6.07 Å². The Morgan fingerprint density at radius 1 is 1.27 bits per heavy atom. The first-order valence-corrected chi connectivity index (χ1v) is 9.28. The maximum atomic E-state index is 12.2. The maximum absolute atomic E-state index is 12.2. The second kappa shape index (κ2) is 6.46. The fraction of sp³-hybridized carbons (Fsp3) is 0.263. The van der Waals surface area contributed by atoms with Crippen molar-refractivity contribution < 1.29 is 19.4 Å². The third kappa shape index (κ3) is 2.90. The molecule has 0 spiro atoms. The number of hydrazone groups is 1. The summed E-state index contributed by atoms with van der Waals surface area (Å²) in [7, 11) is 0. The number of hydrogen-bond acceptors (Lipinski definition) is 5. The number of fused-ring (bicyclic) bond motifs is 1. The van der Waals surface area contributed by atoms with Gasteiger partial charge in [0.2, 0.25) is 12.7 Å². The largest absolute Gasteiger partial charge is 0.506 e. The van der Waals surface area contributed by atoms with E-state index in [0.717, 1.165) is 14.7 Å². The Bertz CT molecular complexity index is 941. The number of aromatic hydroxyl groups is 1. The van der Waals surface area contributed by atoms with Crippen LogP contribution in [0.1, 0.15) is 36.1 Å². The van der Waals surface area contributed by atoms with Crippen LogP contribution in [0.2, 0.25) is 0 Å².